The van der Waals surface area contributed by atoms with Crippen LogP contribution in [-0.2, 0) is 11.2 Å². The van der Waals surface area contributed by atoms with Gasteiger partial charge >= 0.3 is 0 Å². The standard InChI is InChI=1S/C24H25FN4OS/c25-17-4-1-3-15(13-17)7-8-18(16-9-11-26-12-10-16)27-24(30)22-14-20-23-19(28-29-20)5-2-6-21(23)31-22/h1-6,13-14,16,18,26H,7-12H2,(H,27,30)(H,28,29). The number of carbonyl (C=O) groups excluding carboxylic acids is 1. The van der Waals surface area contributed by atoms with E-state index >= 15 is 0 Å². The molecule has 1 saturated heterocycles. The number of halogens is 1. The third kappa shape index (κ3) is 4.38. The summed E-state index contributed by atoms with van der Waals surface area (Å²) in [7, 11) is 0. The first kappa shape index (κ1) is 20.3. The van der Waals surface area contributed by atoms with Crippen LogP contribution < -0.4 is 10.6 Å². The van der Waals surface area contributed by atoms with E-state index in [4.69, 9.17) is 0 Å². The smallest absolute Gasteiger partial charge is 0.258 e. The molecule has 0 aliphatic carbocycles. The van der Waals surface area contributed by atoms with Crippen molar-refractivity contribution in [1.29, 1.82) is 0 Å². The van der Waals surface area contributed by atoms with Crippen molar-refractivity contribution in [2.24, 2.45) is 5.92 Å². The van der Waals surface area contributed by atoms with Gasteiger partial charge in [0.05, 0.1) is 16.1 Å². The first-order valence-corrected chi connectivity index (χ1v) is 11.6. The predicted molar refractivity (Wildman–Crippen MR) is 122 cm³/mol. The summed E-state index contributed by atoms with van der Waals surface area (Å²) in [6.45, 7) is 1.93. The van der Waals surface area contributed by atoms with Crippen molar-refractivity contribution >= 4 is 34.6 Å². The van der Waals surface area contributed by atoms with E-state index in [0.717, 1.165) is 65.8 Å². The Hall–Kier alpha value is -2.64. The number of nitrogens with zero attached hydrogens (tertiary/aromatic N) is 1. The molecule has 1 amide bonds. The summed E-state index contributed by atoms with van der Waals surface area (Å²) in [5.74, 6) is 0.150. The summed E-state index contributed by atoms with van der Waals surface area (Å²) in [4.78, 5) is 15.0. The zero-order valence-electron chi connectivity index (χ0n) is 17.2. The third-order valence-electron chi connectivity index (χ3n) is 6.19. The van der Waals surface area contributed by atoms with Gasteiger partial charge in [-0.1, -0.05) is 30.0 Å². The maximum Gasteiger partial charge on any atom is 0.258 e. The number of benzene rings is 2. The van der Waals surface area contributed by atoms with E-state index in [0.29, 0.717) is 10.8 Å². The van der Waals surface area contributed by atoms with Crippen LogP contribution in [0.25, 0.3) is 17.0 Å². The molecule has 7 heteroatoms. The van der Waals surface area contributed by atoms with Crippen LogP contribution in [0.1, 0.15) is 30.5 Å². The molecule has 0 radical (unpaired) electrons. The molecule has 3 heterocycles. The highest BCUT2D eigenvalue weighted by atomic mass is 32.2. The number of aromatic amines is 1. The number of thioether (sulfide) groups is 1. The Kier molecular flexibility index (Phi) is 5.78. The molecular formula is C24H25FN4OS. The van der Waals surface area contributed by atoms with Gasteiger partial charge in [-0.25, -0.2) is 4.39 Å². The van der Waals surface area contributed by atoms with E-state index in [-0.39, 0.29) is 17.8 Å². The van der Waals surface area contributed by atoms with E-state index in [1.54, 1.807) is 12.1 Å². The van der Waals surface area contributed by atoms with Gasteiger partial charge in [0.1, 0.15) is 5.82 Å². The lowest BCUT2D eigenvalue weighted by molar-refractivity contribution is -0.117. The van der Waals surface area contributed by atoms with E-state index in [1.165, 1.54) is 17.8 Å². The van der Waals surface area contributed by atoms with Crippen LogP contribution in [0.4, 0.5) is 4.39 Å². The number of nitrogens with one attached hydrogen (secondary N) is 3. The molecule has 1 fully saturated rings. The van der Waals surface area contributed by atoms with Gasteiger partial charge in [0.25, 0.3) is 5.91 Å². The van der Waals surface area contributed by atoms with Crippen LogP contribution in [0.15, 0.2) is 52.3 Å². The predicted octanol–water partition coefficient (Wildman–Crippen LogP) is 4.27. The van der Waals surface area contributed by atoms with Gasteiger partial charge in [-0.2, -0.15) is 5.10 Å². The third-order valence-corrected chi connectivity index (χ3v) is 7.28. The van der Waals surface area contributed by atoms with Crippen molar-refractivity contribution in [2.75, 3.05) is 13.1 Å². The quantitative estimate of drug-likeness (QED) is 0.540. The summed E-state index contributed by atoms with van der Waals surface area (Å²) in [6.07, 6.45) is 5.49. The van der Waals surface area contributed by atoms with Gasteiger partial charge in [0.15, 0.2) is 0 Å². The van der Waals surface area contributed by atoms with E-state index < -0.39 is 0 Å². The second-order valence-electron chi connectivity index (χ2n) is 8.23. The lowest BCUT2D eigenvalue weighted by Gasteiger charge is -2.32. The SMILES string of the molecule is O=C(NC(CCc1cccc(F)c1)C1CCNCC1)C1=Cc2[nH]nc3cccc(c23)S1. The molecule has 0 bridgehead atoms. The maximum absolute atomic E-state index is 13.6. The van der Waals surface area contributed by atoms with Gasteiger partial charge < -0.3 is 10.6 Å². The number of aryl methyl sites for hydroxylation is 1. The average Bonchev–Trinajstić information content (AvgIpc) is 3.22. The summed E-state index contributed by atoms with van der Waals surface area (Å²) < 4.78 is 13.6. The summed E-state index contributed by atoms with van der Waals surface area (Å²) in [5.41, 5.74) is 2.76. The van der Waals surface area contributed by atoms with Crippen LogP contribution in [-0.4, -0.2) is 35.2 Å². The molecule has 0 saturated carbocycles. The fraction of sp³-hybridized carbons (Fsp3) is 0.333. The lowest BCUT2D eigenvalue weighted by atomic mass is 9.86. The van der Waals surface area contributed by atoms with Crippen LogP contribution in [0.5, 0.6) is 0 Å². The van der Waals surface area contributed by atoms with Crippen LogP contribution in [0, 0.1) is 11.7 Å². The second kappa shape index (κ2) is 8.85. The molecule has 2 aliphatic rings. The van der Waals surface area contributed by atoms with Crippen LogP contribution >= 0.6 is 11.8 Å². The maximum atomic E-state index is 13.6. The number of carbonyl (C=O) groups is 1. The Morgan fingerprint density at radius 1 is 1.23 bits per heavy atom. The van der Waals surface area contributed by atoms with Gasteiger partial charge in [-0.15, -0.1) is 0 Å². The Bertz CT molecular complexity index is 1140. The van der Waals surface area contributed by atoms with E-state index in [9.17, 15) is 9.18 Å². The van der Waals surface area contributed by atoms with Gasteiger partial charge in [0.2, 0.25) is 0 Å². The van der Waals surface area contributed by atoms with Gasteiger partial charge in [-0.05, 0) is 80.6 Å². The molecule has 1 atom stereocenters. The highest BCUT2D eigenvalue weighted by Crippen LogP contribution is 2.40. The number of hydrogen-bond donors (Lipinski definition) is 3. The topological polar surface area (TPSA) is 69.8 Å². The Balaban J connectivity index is 1.33. The lowest BCUT2D eigenvalue weighted by Crippen LogP contribution is -2.45. The Morgan fingerprint density at radius 2 is 2.06 bits per heavy atom. The monoisotopic (exact) mass is 436 g/mol. The number of piperidine rings is 1. The van der Waals surface area contributed by atoms with Crippen molar-refractivity contribution in [3.8, 4) is 0 Å². The number of aromatic nitrogens is 2. The van der Waals surface area contributed by atoms with Crippen molar-refractivity contribution in [2.45, 2.75) is 36.6 Å². The number of hydrogen-bond acceptors (Lipinski definition) is 4. The number of amides is 1. The molecule has 31 heavy (non-hydrogen) atoms. The Morgan fingerprint density at radius 3 is 2.90 bits per heavy atom. The Labute approximate surface area is 184 Å². The first-order valence-electron chi connectivity index (χ1n) is 10.8. The zero-order valence-corrected chi connectivity index (χ0v) is 18.0. The highest BCUT2D eigenvalue weighted by molar-refractivity contribution is 8.04. The summed E-state index contributed by atoms with van der Waals surface area (Å²) in [5, 5.41) is 15.2. The minimum Gasteiger partial charge on any atom is -0.349 e. The number of rotatable bonds is 6. The average molecular weight is 437 g/mol. The van der Waals surface area contributed by atoms with Gasteiger partial charge in [-0.3, -0.25) is 9.89 Å². The largest absolute Gasteiger partial charge is 0.349 e. The van der Waals surface area contributed by atoms with Crippen molar-refractivity contribution in [3.63, 3.8) is 0 Å². The highest BCUT2D eigenvalue weighted by Gasteiger charge is 2.28. The molecule has 5 rings (SSSR count). The van der Waals surface area contributed by atoms with Crippen molar-refractivity contribution in [1.82, 2.24) is 20.8 Å². The van der Waals surface area contributed by atoms with Crippen LogP contribution in [0.3, 0.4) is 0 Å². The molecule has 0 spiro atoms. The molecular weight excluding hydrogens is 411 g/mol. The van der Waals surface area contributed by atoms with E-state index in [2.05, 4.69) is 20.8 Å². The zero-order chi connectivity index (χ0) is 21.2. The minimum absolute atomic E-state index is 0.0509. The molecule has 2 aromatic carbocycles. The molecule has 3 N–H and O–H groups in total. The summed E-state index contributed by atoms with van der Waals surface area (Å²) in [6, 6.07) is 12.8. The molecule has 160 valence electrons. The molecule has 1 unspecified atom stereocenters. The number of H-pyrrole nitrogens is 1. The van der Waals surface area contributed by atoms with E-state index in [1.807, 2.05) is 30.3 Å². The van der Waals surface area contributed by atoms with Crippen LogP contribution in [0.2, 0.25) is 0 Å². The molecule has 2 aliphatic heterocycles. The fourth-order valence-electron chi connectivity index (χ4n) is 4.57. The normalized spacial score (nSPS) is 17.4. The minimum atomic E-state index is -0.215. The fourth-order valence-corrected chi connectivity index (χ4v) is 5.60. The van der Waals surface area contributed by atoms with Crippen molar-refractivity contribution in [3.05, 3.63) is 64.4 Å². The van der Waals surface area contributed by atoms with Gasteiger partial charge in [0, 0.05) is 16.3 Å². The first-order chi connectivity index (χ1) is 15.2. The van der Waals surface area contributed by atoms with Crippen molar-refractivity contribution < 1.29 is 9.18 Å². The summed E-state index contributed by atoms with van der Waals surface area (Å²) >= 11 is 1.49. The second-order valence-corrected chi connectivity index (χ2v) is 9.32. The molecule has 1 aromatic heterocycles. The molecule has 3 aromatic rings. The molecule has 5 nitrogen and oxygen atoms in total.